The summed E-state index contributed by atoms with van der Waals surface area (Å²) in [4.78, 5) is 16.0. The van der Waals surface area contributed by atoms with Gasteiger partial charge in [0.25, 0.3) is 0 Å². The van der Waals surface area contributed by atoms with Gasteiger partial charge in [-0.15, -0.1) is 0 Å². The van der Waals surface area contributed by atoms with Crippen LogP contribution in [0.15, 0.2) is 36.7 Å². The van der Waals surface area contributed by atoms with Crippen molar-refractivity contribution in [3.8, 4) is 0 Å². The van der Waals surface area contributed by atoms with Crippen LogP contribution in [-0.2, 0) is 31.2 Å². The summed E-state index contributed by atoms with van der Waals surface area (Å²) in [5, 5.41) is 2.91. The van der Waals surface area contributed by atoms with Crippen molar-refractivity contribution in [3.05, 3.63) is 53.6 Å². The molecule has 0 saturated carbocycles. The normalized spacial score (nSPS) is 10.5. The first-order valence-corrected chi connectivity index (χ1v) is 6.70. The van der Waals surface area contributed by atoms with Crippen molar-refractivity contribution >= 4 is 5.91 Å². The van der Waals surface area contributed by atoms with Gasteiger partial charge in [0.2, 0.25) is 5.91 Å². The number of amides is 1. The first-order valence-electron chi connectivity index (χ1n) is 6.70. The van der Waals surface area contributed by atoms with E-state index >= 15 is 0 Å². The molecule has 0 aliphatic rings. The van der Waals surface area contributed by atoms with Crippen molar-refractivity contribution in [1.82, 2.24) is 14.9 Å². The largest absolute Gasteiger partial charge is 0.355 e. The summed E-state index contributed by atoms with van der Waals surface area (Å²) in [5.41, 5.74) is 7.61. The number of hydrogen-bond acceptors (Lipinski definition) is 3. The van der Waals surface area contributed by atoms with E-state index in [0.717, 1.165) is 23.4 Å². The molecule has 0 saturated heterocycles. The van der Waals surface area contributed by atoms with Crippen molar-refractivity contribution in [3.63, 3.8) is 0 Å². The minimum absolute atomic E-state index is 0.0275. The molecule has 3 N–H and O–H groups in total. The number of carbonyl (C=O) groups is 1. The van der Waals surface area contributed by atoms with Gasteiger partial charge < -0.3 is 15.6 Å². The smallest absolute Gasteiger partial charge is 0.224 e. The maximum atomic E-state index is 11.8. The molecular weight excluding hydrogens is 252 g/mol. The zero-order chi connectivity index (χ0) is 14.4. The molecule has 0 aliphatic heterocycles. The minimum Gasteiger partial charge on any atom is -0.355 e. The Hall–Kier alpha value is -2.14. The Morgan fingerprint density at radius 1 is 1.30 bits per heavy atom. The second-order valence-corrected chi connectivity index (χ2v) is 4.75. The summed E-state index contributed by atoms with van der Waals surface area (Å²) in [6.45, 7) is 1.13. The topological polar surface area (TPSA) is 72.9 Å². The molecule has 106 valence electrons. The molecule has 1 heterocycles. The zero-order valence-corrected chi connectivity index (χ0v) is 11.7. The Morgan fingerprint density at radius 3 is 2.60 bits per heavy atom. The Bertz CT molecular complexity index is 560. The van der Waals surface area contributed by atoms with Gasteiger partial charge >= 0.3 is 0 Å². The Labute approximate surface area is 118 Å². The van der Waals surface area contributed by atoms with Crippen LogP contribution < -0.4 is 11.1 Å². The molecule has 5 nitrogen and oxygen atoms in total. The Balaban J connectivity index is 1.76. The van der Waals surface area contributed by atoms with E-state index in [1.165, 1.54) is 0 Å². The van der Waals surface area contributed by atoms with Gasteiger partial charge in [-0.2, -0.15) is 0 Å². The quantitative estimate of drug-likeness (QED) is 0.816. The number of rotatable bonds is 6. The maximum absolute atomic E-state index is 11.8. The molecule has 0 aliphatic carbocycles. The number of nitrogens with zero attached hydrogens (tertiary/aromatic N) is 2. The predicted octanol–water partition coefficient (Wildman–Crippen LogP) is 0.780. The first-order chi connectivity index (χ1) is 9.69. The van der Waals surface area contributed by atoms with Crippen LogP contribution in [0.3, 0.4) is 0 Å². The van der Waals surface area contributed by atoms with Gasteiger partial charge in [-0.25, -0.2) is 4.98 Å². The average molecular weight is 272 g/mol. The van der Waals surface area contributed by atoms with Crippen LogP contribution in [0.25, 0.3) is 0 Å². The highest BCUT2D eigenvalue weighted by Gasteiger charge is 2.04. The molecule has 1 aromatic heterocycles. The second kappa shape index (κ2) is 6.86. The summed E-state index contributed by atoms with van der Waals surface area (Å²) in [6, 6.07) is 7.80. The van der Waals surface area contributed by atoms with E-state index in [4.69, 9.17) is 5.73 Å². The molecule has 0 atom stereocenters. The van der Waals surface area contributed by atoms with E-state index in [-0.39, 0.29) is 5.91 Å². The van der Waals surface area contributed by atoms with Crippen LogP contribution >= 0.6 is 0 Å². The molecule has 0 unspecified atom stereocenters. The molecule has 5 heteroatoms. The van der Waals surface area contributed by atoms with E-state index in [1.54, 1.807) is 6.20 Å². The van der Waals surface area contributed by atoms with Gasteiger partial charge in [0, 0.05) is 39.0 Å². The van der Waals surface area contributed by atoms with Crippen molar-refractivity contribution in [2.45, 2.75) is 19.4 Å². The monoisotopic (exact) mass is 272 g/mol. The highest BCUT2D eigenvalue weighted by Crippen LogP contribution is 2.04. The predicted molar refractivity (Wildman–Crippen MR) is 78.0 cm³/mol. The van der Waals surface area contributed by atoms with Gasteiger partial charge in [0.1, 0.15) is 5.82 Å². The average Bonchev–Trinajstić information content (AvgIpc) is 2.85. The van der Waals surface area contributed by atoms with E-state index < -0.39 is 0 Å². The molecule has 0 spiro atoms. The number of aryl methyl sites for hydroxylation is 1. The van der Waals surface area contributed by atoms with E-state index in [9.17, 15) is 4.79 Å². The lowest BCUT2D eigenvalue weighted by atomic mass is 10.1. The van der Waals surface area contributed by atoms with Gasteiger partial charge in [-0.05, 0) is 11.1 Å². The fraction of sp³-hybridized carbons (Fsp3) is 0.333. The lowest BCUT2D eigenvalue weighted by molar-refractivity contribution is -0.120. The minimum atomic E-state index is 0.0275. The molecule has 2 aromatic rings. The van der Waals surface area contributed by atoms with Crippen LogP contribution in [0.5, 0.6) is 0 Å². The molecule has 0 radical (unpaired) electrons. The lowest BCUT2D eigenvalue weighted by Gasteiger charge is -2.06. The van der Waals surface area contributed by atoms with Crippen LogP contribution in [0.1, 0.15) is 17.0 Å². The van der Waals surface area contributed by atoms with Crippen molar-refractivity contribution in [2.75, 3.05) is 6.54 Å². The van der Waals surface area contributed by atoms with Crippen molar-refractivity contribution in [1.29, 1.82) is 0 Å². The van der Waals surface area contributed by atoms with Gasteiger partial charge in [-0.1, -0.05) is 24.3 Å². The molecule has 1 amide bonds. The van der Waals surface area contributed by atoms with E-state index in [2.05, 4.69) is 10.3 Å². The molecular formula is C15H20N4O. The Morgan fingerprint density at radius 2 is 2.00 bits per heavy atom. The van der Waals surface area contributed by atoms with Crippen LogP contribution in [0.4, 0.5) is 0 Å². The first kappa shape index (κ1) is 14.3. The highest BCUT2D eigenvalue weighted by molar-refractivity contribution is 5.78. The third kappa shape index (κ3) is 3.93. The molecule has 1 aromatic carbocycles. The summed E-state index contributed by atoms with van der Waals surface area (Å²) in [5.74, 6) is 0.998. The lowest BCUT2D eigenvalue weighted by Crippen LogP contribution is -2.27. The summed E-state index contributed by atoms with van der Waals surface area (Å²) >= 11 is 0. The third-order valence-electron chi connectivity index (χ3n) is 3.22. The number of nitrogens with two attached hydrogens (primary N) is 1. The third-order valence-corrected chi connectivity index (χ3v) is 3.22. The van der Waals surface area contributed by atoms with E-state index in [1.807, 2.05) is 42.1 Å². The van der Waals surface area contributed by atoms with Crippen LogP contribution in [-0.4, -0.2) is 22.0 Å². The number of imidazole rings is 1. The highest BCUT2D eigenvalue weighted by atomic mass is 16.1. The second-order valence-electron chi connectivity index (χ2n) is 4.75. The number of aromatic nitrogens is 2. The van der Waals surface area contributed by atoms with E-state index in [0.29, 0.717) is 19.5 Å². The van der Waals surface area contributed by atoms with Crippen LogP contribution in [0.2, 0.25) is 0 Å². The number of hydrogen-bond donors (Lipinski definition) is 2. The fourth-order valence-electron chi connectivity index (χ4n) is 1.99. The molecule has 0 bridgehead atoms. The maximum Gasteiger partial charge on any atom is 0.224 e. The standard InChI is InChI=1S/C15H20N4O/c1-19-9-8-17-14(19)6-7-18-15(20)10-12-2-4-13(11-16)5-3-12/h2-5,8-9H,6-7,10-11,16H2,1H3,(H,18,20). The number of benzene rings is 1. The summed E-state index contributed by atoms with van der Waals surface area (Å²) in [6.07, 6.45) is 4.79. The van der Waals surface area contributed by atoms with Gasteiger partial charge in [0.05, 0.1) is 6.42 Å². The zero-order valence-electron chi connectivity index (χ0n) is 11.7. The van der Waals surface area contributed by atoms with Crippen molar-refractivity contribution < 1.29 is 4.79 Å². The van der Waals surface area contributed by atoms with Gasteiger partial charge in [0.15, 0.2) is 0 Å². The summed E-state index contributed by atoms with van der Waals surface area (Å²) < 4.78 is 1.96. The van der Waals surface area contributed by atoms with Crippen LogP contribution in [0, 0.1) is 0 Å². The molecule has 2 rings (SSSR count). The number of carbonyl (C=O) groups excluding carboxylic acids is 1. The summed E-state index contributed by atoms with van der Waals surface area (Å²) in [7, 11) is 1.95. The fourth-order valence-corrected chi connectivity index (χ4v) is 1.99. The van der Waals surface area contributed by atoms with Crippen molar-refractivity contribution in [2.24, 2.45) is 12.8 Å². The van der Waals surface area contributed by atoms with Gasteiger partial charge in [-0.3, -0.25) is 4.79 Å². The number of nitrogens with one attached hydrogen (secondary N) is 1. The molecule has 0 fully saturated rings. The molecule has 20 heavy (non-hydrogen) atoms. The SMILES string of the molecule is Cn1ccnc1CCNC(=O)Cc1ccc(CN)cc1. The Kier molecular flexibility index (Phi) is 4.90.